The SMILES string of the molecule is CCCCN1C(=O)/C(=C\c2cc(I)c(OCC(N)=O)c(OCC)c2)SC1=Nc1ccc(C)cc1. The van der Waals surface area contributed by atoms with Crippen molar-refractivity contribution in [2.45, 2.75) is 33.6 Å². The van der Waals surface area contributed by atoms with E-state index in [-0.39, 0.29) is 12.5 Å². The molecule has 2 aromatic carbocycles. The van der Waals surface area contributed by atoms with Crippen molar-refractivity contribution in [3.8, 4) is 11.5 Å². The standard InChI is InChI=1S/C25H28IN3O4S/c1-4-6-11-29-24(31)21(34-25(29)28-18-9-7-16(3)8-10-18)14-17-12-19(26)23(33-15-22(27)30)20(13-17)32-5-2/h7-10,12-14H,4-6,11,15H2,1-3H3,(H2,27,30)/b21-14+,28-25?. The molecule has 0 aliphatic carbocycles. The van der Waals surface area contributed by atoms with Crippen molar-refractivity contribution < 1.29 is 19.1 Å². The van der Waals surface area contributed by atoms with Crippen molar-refractivity contribution >= 4 is 63.1 Å². The van der Waals surface area contributed by atoms with Gasteiger partial charge in [0.15, 0.2) is 23.3 Å². The first-order valence-electron chi connectivity index (χ1n) is 11.1. The number of aliphatic imine (C=N–C) groups is 1. The number of thioether (sulfide) groups is 1. The van der Waals surface area contributed by atoms with Crippen molar-refractivity contribution in [1.82, 2.24) is 4.90 Å². The number of rotatable bonds is 10. The number of primary amides is 1. The molecule has 180 valence electrons. The molecule has 0 bridgehead atoms. The summed E-state index contributed by atoms with van der Waals surface area (Å²) in [6.07, 6.45) is 3.71. The third kappa shape index (κ3) is 6.75. The quantitative estimate of drug-likeness (QED) is 0.300. The van der Waals surface area contributed by atoms with Gasteiger partial charge in [0.25, 0.3) is 11.8 Å². The zero-order valence-electron chi connectivity index (χ0n) is 19.5. The highest BCUT2D eigenvalue weighted by Gasteiger charge is 2.33. The minimum atomic E-state index is -0.565. The number of nitrogens with two attached hydrogens (primary N) is 1. The number of carbonyl (C=O) groups is 2. The lowest BCUT2D eigenvalue weighted by Crippen LogP contribution is -2.30. The van der Waals surface area contributed by atoms with Crippen LogP contribution in [0.15, 0.2) is 46.3 Å². The summed E-state index contributed by atoms with van der Waals surface area (Å²) in [6, 6.07) is 11.6. The summed E-state index contributed by atoms with van der Waals surface area (Å²) in [6.45, 7) is 6.80. The molecule has 0 aromatic heterocycles. The molecule has 0 saturated carbocycles. The molecule has 0 atom stereocenters. The van der Waals surface area contributed by atoms with Crippen LogP contribution in [0.3, 0.4) is 0 Å². The first-order chi connectivity index (χ1) is 16.3. The lowest BCUT2D eigenvalue weighted by atomic mass is 10.1. The molecule has 7 nitrogen and oxygen atoms in total. The number of halogens is 1. The molecule has 2 amide bonds. The summed E-state index contributed by atoms with van der Waals surface area (Å²) in [5.74, 6) is 0.325. The van der Waals surface area contributed by atoms with Crippen molar-refractivity contribution in [1.29, 1.82) is 0 Å². The van der Waals surface area contributed by atoms with E-state index in [1.165, 1.54) is 11.8 Å². The Hall–Kier alpha value is -2.53. The van der Waals surface area contributed by atoms with Gasteiger partial charge >= 0.3 is 0 Å². The molecular weight excluding hydrogens is 565 g/mol. The van der Waals surface area contributed by atoms with E-state index >= 15 is 0 Å². The molecule has 0 unspecified atom stereocenters. The Labute approximate surface area is 217 Å². The van der Waals surface area contributed by atoms with Crippen LogP contribution in [0, 0.1) is 10.5 Å². The van der Waals surface area contributed by atoms with Crippen LogP contribution in [0.1, 0.15) is 37.8 Å². The molecule has 2 N–H and O–H groups in total. The molecule has 1 aliphatic rings. The average Bonchev–Trinajstić information content (AvgIpc) is 3.07. The molecule has 0 radical (unpaired) electrons. The van der Waals surface area contributed by atoms with E-state index in [9.17, 15) is 9.59 Å². The zero-order valence-corrected chi connectivity index (χ0v) is 22.4. The number of amidine groups is 1. The van der Waals surface area contributed by atoms with Crippen molar-refractivity contribution in [2.75, 3.05) is 19.8 Å². The van der Waals surface area contributed by atoms with E-state index in [1.807, 2.05) is 50.3 Å². The maximum Gasteiger partial charge on any atom is 0.266 e. The topological polar surface area (TPSA) is 94.2 Å². The van der Waals surface area contributed by atoms with Crippen LogP contribution in [0.2, 0.25) is 0 Å². The highest BCUT2D eigenvalue weighted by molar-refractivity contribution is 14.1. The Bertz CT molecular complexity index is 1120. The first-order valence-corrected chi connectivity index (χ1v) is 13.0. The van der Waals surface area contributed by atoms with Crippen molar-refractivity contribution in [3.63, 3.8) is 0 Å². The van der Waals surface area contributed by atoms with Crippen LogP contribution in [0.5, 0.6) is 11.5 Å². The second kappa shape index (κ2) is 12.3. The fourth-order valence-corrected chi connectivity index (χ4v) is 5.01. The van der Waals surface area contributed by atoms with Gasteiger partial charge in [0.1, 0.15) is 0 Å². The summed E-state index contributed by atoms with van der Waals surface area (Å²) >= 11 is 3.49. The van der Waals surface area contributed by atoms with Crippen LogP contribution in [-0.2, 0) is 9.59 Å². The number of nitrogens with zero attached hydrogens (tertiary/aromatic N) is 2. The molecule has 1 heterocycles. The highest BCUT2D eigenvalue weighted by Crippen LogP contribution is 2.38. The molecule has 0 spiro atoms. The van der Waals surface area contributed by atoms with Gasteiger partial charge in [0.2, 0.25) is 0 Å². The van der Waals surface area contributed by atoms with Crippen molar-refractivity contribution in [3.05, 3.63) is 56.0 Å². The number of ether oxygens (including phenoxy) is 2. The zero-order chi connectivity index (χ0) is 24.7. The minimum Gasteiger partial charge on any atom is -0.490 e. The molecule has 34 heavy (non-hydrogen) atoms. The third-order valence-corrected chi connectivity index (χ3v) is 6.68. The summed E-state index contributed by atoms with van der Waals surface area (Å²) in [5.41, 5.74) is 7.98. The Morgan fingerprint density at radius 1 is 1.21 bits per heavy atom. The summed E-state index contributed by atoms with van der Waals surface area (Å²) in [5, 5.41) is 0.676. The summed E-state index contributed by atoms with van der Waals surface area (Å²) < 4.78 is 12.0. The van der Waals surface area contributed by atoms with Crippen LogP contribution < -0.4 is 15.2 Å². The summed E-state index contributed by atoms with van der Waals surface area (Å²) in [7, 11) is 0. The number of hydrogen-bond acceptors (Lipinski definition) is 6. The van der Waals surface area contributed by atoms with Gasteiger partial charge in [0, 0.05) is 6.54 Å². The number of amides is 2. The maximum atomic E-state index is 13.3. The van der Waals surface area contributed by atoms with E-state index < -0.39 is 5.91 Å². The second-order valence-corrected chi connectivity index (χ2v) is 9.84. The van der Waals surface area contributed by atoms with Gasteiger partial charge in [-0.15, -0.1) is 0 Å². The van der Waals surface area contributed by atoms with Gasteiger partial charge in [-0.25, -0.2) is 4.99 Å². The molecule has 1 saturated heterocycles. The lowest BCUT2D eigenvalue weighted by Gasteiger charge is -2.15. The van der Waals surface area contributed by atoms with Gasteiger partial charge in [-0.1, -0.05) is 31.0 Å². The number of benzene rings is 2. The number of carbonyl (C=O) groups excluding carboxylic acids is 2. The monoisotopic (exact) mass is 593 g/mol. The van der Waals surface area contributed by atoms with Gasteiger partial charge < -0.3 is 15.2 Å². The Balaban J connectivity index is 1.95. The molecule has 2 aromatic rings. The van der Waals surface area contributed by atoms with E-state index in [1.54, 1.807) is 11.0 Å². The summed E-state index contributed by atoms with van der Waals surface area (Å²) in [4.78, 5) is 31.5. The van der Waals surface area contributed by atoms with E-state index in [0.717, 1.165) is 33.2 Å². The molecule has 3 rings (SSSR count). The van der Waals surface area contributed by atoms with Crippen LogP contribution in [-0.4, -0.2) is 41.6 Å². The maximum absolute atomic E-state index is 13.3. The fraction of sp³-hybridized carbons (Fsp3) is 0.320. The first kappa shape index (κ1) is 26.1. The fourth-order valence-electron chi connectivity index (χ4n) is 3.20. The number of aryl methyl sites for hydroxylation is 1. The van der Waals surface area contributed by atoms with Gasteiger partial charge in [-0.2, -0.15) is 0 Å². The largest absolute Gasteiger partial charge is 0.490 e. The van der Waals surface area contributed by atoms with Crippen LogP contribution >= 0.6 is 34.4 Å². The third-order valence-electron chi connectivity index (χ3n) is 4.87. The molecule has 1 fully saturated rings. The van der Waals surface area contributed by atoms with Crippen LogP contribution in [0.4, 0.5) is 5.69 Å². The van der Waals surface area contributed by atoms with E-state index in [2.05, 4.69) is 29.5 Å². The highest BCUT2D eigenvalue weighted by atomic mass is 127. The number of hydrogen-bond donors (Lipinski definition) is 1. The Kier molecular flexibility index (Phi) is 9.40. The molecule has 9 heteroatoms. The van der Waals surface area contributed by atoms with E-state index in [0.29, 0.717) is 34.7 Å². The van der Waals surface area contributed by atoms with Gasteiger partial charge in [0.05, 0.1) is 20.8 Å². The van der Waals surface area contributed by atoms with Crippen LogP contribution in [0.25, 0.3) is 6.08 Å². The number of unbranched alkanes of at least 4 members (excludes halogenated alkanes) is 1. The average molecular weight is 593 g/mol. The predicted octanol–water partition coefficient (Wildman–Crippen LogP) is 5.27. The smallest absolute Gasteiger partial charge is 0.266 e. The Morgan fingerprint density at radius 3 is 2.59 bits per heavy atom. The van der Waals surface area contributed by atoms with Gasteiger partial charge in [-0.05, 0) is 90.5 Å². The normalized spacial score (nSPS) is 15.9. The predicted molar refractivity (Wildman–Crippen MR) is 145 cm³/mol. The molecular formula is C25H28IN3O4S. The van der Waals surface area contributed by atoms with Crippen molar-refractivity contribution in [2.24, 2.45) is 10.7 Å². The second-order valence-electron chi connectivity index (χ2n) is 7.67. The minimum absolute atomic E-state index is 0.0636. The Morgan fingerprint density at radius 2 is 1.94 bits per heavy atom. The van der Waals surface area contributed by atoms with E-state index in [4.69, 9.17) is 20.2 Å². The van der Waals surface area contributed by atoms with Gasteiger partial charge in [-0.3, -0.25) is 14.5 Å². The lowest BCUT2D eigenvalue weighted by molar-refractivity contribution is -0.122. The molecule has 1 aliphatic heterocycles.